The molecule has 0 amide bonds. The van der Waals surface area contributed by atoms with E-state index in [0.717, 1.165) is 6.07 Å². The molecular formula is C13H8Cl2F2O. The number of benzene rings is 2. The third-order valence-corrected chi connectivity index (χ3v) is 2.97. The Morgan fingerprint density at radius 3 is 2.22 bits per heavy atom. The lowest BCUT2D eigenvalue weighted by atomic mass is 10.2. The molecule has 0 N–H and O–H groups in total. The molecule has 0 aliphatic carbocycles. The first kappa shape index (κ1) is 13.1. The van der Waals surface area contributed by atoms with Gasteiger partial charge in [0.25, 0.3) is 0 Å². The Hall–Kier alpha value is -1.32. The summed E-state index contributed by atoms with van der Waals surface area (Å²) in [7, 11) is 0. The number of halogens is 4. The predicted octanol–water partition coefficient (Wildman–Crippen LogP) is 4.85. The van der Waals surface area contributed by atoms with Gasteiger partial charge in [-0.05, 0) is 30.3 Å². The molecule has 0 spiro atoms. The van der Waals surface area contributed by atoms with E-state index in [2.05, 4.69) is 0 Å². The van der Waals surface area contributed by atoms with Gasteiger partial charge in [-0.25, -0.2) is 8.78 Å². The average Bonchev–Trinajstić information content (AvgIpc) is 2.34. The van der Waals surface area contributed by atoms with Crippen molar-refractivity contribution in [3.63, 3.8) is 0 Å². The van der Waals surface area contributed by atoms with Crippen molar-refractivity contribution < 1.29 is 13.5 Å². The first-order chi connectivity index (χ1) is 8.56. The molecule has 0 aliphatic heterocycles. The highest BCUT2D eigenvalue weighted by atomic mass is 35.5. The van der Waals surface area contributed by atoms with Gasteiger partial charge in [0.1, 0.15) is 24.0 Å². The minimum absolute atomic E-state index is 0.0137. The zero-order chi connectivity index (χ0) is 13.1. The minimum Gasteiger partial charge on any atom is -0.487 e. The molecule has 2 aromatic carbocycles. The molecule has 0 aliphatic rings. The highest BCUT2D eigenvalue weighted by Crippen LogP contribution is 2.27. The van der Waals surface area contributed by atoms with Gasteiger partial charge in [-0.15, -0.1) is 0 Å². The van der Waals surface area contributed by atoms with Crippen LogP contribution in [0.3, 0.4) is 0 Å². The fraction of sp³-hybridized carbons (Fsp3) is 0.0769. The number of ether oxygens (including phenoxy) is 1. The lowest BCUT2D eigenvalue weighted by Crippen LogP contribution is -1.98. The third kappa shape index (κ3) is 3.12. The summed E-state index contributed by atoms with van der Waals surface area (Å²) >= 11 is 11.7. The number of rotatable bonds is 3. The Kier molecular flexibility index (Phi) is 4.04. The topological polar surface area (TPSA) is 9.23 Å². The fourth-order valence-electron chi connectivity index (χ4n) is 1.40. The number of hydrogen-bond acceptors (Lipinski definition) is 1. The van der Waals surface area contributed by atoms with Crippen LogP contribution in [0.2, 0.25) is 10.0 Å². The Balaban J connectivity index is 2.16. The smallest absolute Gasteiger partial charge is 0.141 e. The maximum Gasteiger partial charge on any atom is 0.141 e. The molecule has 5 heteroatoms. The third-order valence-electron chi connectivity index (χ3n) is 2.28. The normalized spacial score (nSPS) is 10.4. The van der Waals surface area contributed by atoms with Crippen LogP contribution < -0.4 is 4.74 Å². The van der Waals surface area contributed by atoms with Crippen LogP contribution in [0.5, 0.6) is 5.75 Å². The van der Waals surface area contributed by atoms with Crippen LogP contribution >= 0.6 is 23.2 Å². The summed E-state index contributed by atoms with van der Waals surface area (Å²) in [5, 5.41) is 0.660. The van der Waals surface area contributed by atoms with Crippen molar-refractivity contribution in [3.05, 3.63) is 63.6 Å². The highest BCUT2D eigenvalue weighted by molar-refractivity contribution is 6.32. The highest BCUT2D eigenvalue weighted by Gasteiger charge is 2.07. The lowest BCUT2D eigenvalue weighted by Gasteiger charge is -2.09. The van der Waals surface area contributed by atoms with Crippen molar-refractivity contribution >= 4 is 23.2 Å². The molecule has 0 atom stereocenters. The Morgan fingerprint density at radius 2 is 1.50 bits per heavy atom. The Labute approximate surface area is 113 Å². The van der Waals surface area contributed by atoms with E-state index in [9.17, 15) is 8.78 Å². The largest absolute Gasteiger partial charge is 0.487 e. The van der Waals surface area contributed by atoms with Crippen LogP contribution in [0.1, 0.15) is 5.56 Å². The zero-order valence-electron chi connectivity index (χ0n) is 9.09. The molecule has 94 valence electrons. The molecule has 2 rings (SSSR count). The fourth-order valence-corrected chi connectivity index (χ4v) is 1.74. The second kappa shape index (κ2) is 5.55. The zero-order valence-corrected chi connectivity index (χ0v) is 10.6. The van der Waals surface area contributed by atoms with Crippen molar-refractivity contribution in [2.75, 3.05) is 0 Å². The molecule has 0 saturated carbocycles. The van der Waals surface area contributed by atoms with E-state index in [1.807, 2.05) is 0 Å². The molecule has 0 saturated heterocycles. The molecule has 0 unspecified atom stereocenters. The van der Waals surface area contributed by atoms with Gasteiger partial charge in [-0.1, -0.05) is 23.2 Å². The Bertz CT molecular complexity index is 521. The van der Waals surface area contributed by atoms with E-state index >= 15 is 0 Å². The summed E-state index contributed by atoms with van der Waals surface area (Å²) in [4.78, 5) is 0. The van der Waals surface area contributed by atoms with E-state index in [4.69, 9.17) is 27.9 Å². The summed E-state index contributed by atoms with van der Waals surface area (Å²) in [5.41, 5.74) is 0.469. The van der Waals surface area contributed by atoms with Crippen LogP contribution in [0.4, 0.5) is 8.78 Å². The van der Waals surface area contributed by atoms with E-state index in [-0.39, 0.29) is 17.4 Å². The van der Waals surface area contributed by atoms with Gasteiger partial charge in [-0.3, -0.25) is 0 Å². The quantitative estimate of drug-likeness (QED) is 0.784. The van der Waals surface area contributed by atoms with Crippen LogP contribution in [0, 0.1) is 11.6 Å². The van der Waals surface area contributed by atoms with E-state index < -0.39 is 11.6 Å². The van der Waals surface area contributed by atoms with Crippen molar-refractivity contribution in [1.29, 1.82) is 0 Å². The molecule has 18 heavy (non-hydrogen) atoms. The van der Waals surface area contributed by atoms with E-state index in [1.54, 1.807) is 0 Å². The van der Waals surface area contributed by atoms with Crippen molar-refractivity contribution in [3.8, 4) is 5.75 Å². The summed E-state index contributed by atoms with van der Waals surface area (Å²) in [6.07, 6.45) is 0. The molecular weight excluding hydrogens is 281 g/mol. The summed E-state index contributed by atoms with van der Waals surface area (Å²) in [6.45, 7) is 0.0137. The van der Waals surface area contributed by atoms with Crippen molar-refractivity contribution in [2.24, 2.45) is 0 Å². The van der Waals surface area contributed by atoms with Gasteiger partial charge in [0.2, 0.25) is 0 Å². The minimum atomic E-state index is -0.459. The van der Waals surface area contributed by atoms with Gasteiger partial charge in [0, 0.05) is 16.7 Å². The van der Waals surface area contributed by atoms with Crippen LogP contribution in [-0.4, -0.2) is 0 Å². The molecule has 0 radical (unpaired) electrons. The first-order valence-electron chi connectivity index (χ1n) is 5.08. The van der Waals surface area contributed by atoms with E-state index in [0.29, 0.717) is 10.6 Å². The van der Waals surface area contributed by atoms with E-state index in [1.165, 1.54) is 30.3 Å². The van der Waals surface area contributed by atoms with Crippen molar-refractivity contribution in [2.45, 2.75) is 6.61 Å². The van der Waals surface area contributed by atoms with Crippen LogP contribution in [0.25, 0.3) is 0 Å². The standard InChI is InChI=1S/C13H8Cl2F2O/c14-11-3-1-9(16)5-8(11)7-18-13-6-10(17)2-4-12(13)15/h1-6H,7H2. The van der Waals surface area contributed by atoms with Gasteiger partial charge in [-0.2, -0.15) is 0 Å². The van der Waals surface area contributed by atoms with Crippen molar-refractivity contribution in [1.82, 2.24) is 0 Å². The molecule has 0 aromatic heterocycles. The lowest BCUT2D eigenvalue weighted by molar-refractivity contribution is 0.304. The van der Waals surface area contributed by atoms with Gasteiger partial charge >= 0.3 is 0 Å². The second-order valence-corrected chi connectivity index (χ2v) is 4.41. The summed E-state index contributed by atoms with van der Waals surface area (Å²) in [5.74, 6) is -0.680. The molecule has 2 aromatic rings. The van der Waals surface area contributed by atoms with Gasteiger partial charge in [0.15, 0.2) is 0 Å². The maximum absolute atomic E-state index is 13.0. The molecule has 0 heterocycles. The first-order valence-corrected chi connectivity index (χ1v) is 5.83. The molecule has 0 fully saturated rings. The Morgan fingerprint density at radius 1 is 0.889 bits per heavy atom. The van der Waals surface area contributed by atoms with Gasteiger partial charge in [0.05, 0.1) is 5.02 Å². The molecule has 0 bridgehead atoms. The SMILES string of the molecule is Fc1ccc(Cl)c(COc2cc(F)ccc2Cl)c1. The molecule has 1 nitrogen and oxygen atoms in total. The maximum atomic E-state index is 13.0. The summed E-state index contributed by atoms with van der Waals surface area (Å²) < 4.78 is 31.3. The monoisotopic (exact) mass is 288 g/mol. The average molecular weight is 289 g/mol. The van der Waals surface area contributed by atoms with Crippen LogP contribution in [0.15, 0.2) is 36.4 Å². The number of hydrogen-bond donors (Lipinski definition) is 0. The van der Waals surface area contributed by atoms with Gasteiger partial charge < -0.3 is 4.74 Å². The van der Waals surface area contributed by atoms with Crippen LogP contribution in [-0.2, 0) is 6.61 Å². The summed E-state index contributed by atoms with van der Waals surface area (Å²) in [6, 6.07) is 7.72. The predicted molar refractivity (Wildman–Crippen MR) is 67.2 cm³/mol. The second-order valence-electron chi connectivity index (χ2n) is 3.60.